The van der Waals surface area contributed by atoms with Gasteiger partial charge in [-0.1, -0.05) is 46.3 Å². The Morgan fingerprint density at radius 1 is 1.05 bits per heavy atom. The van der Waals surface area contributed by atoms with E-state index in [1.165, 1.54) is 0 Å². The fraction of sp³-hybridized carbons (Fsp3) is 0. The molecule has 0 unspecified atom stereocenters. The van der Waals surface area contributed by atoms with Crippen LogP contribution in [0.15, 0.2) is 65.1 Å². The van der Waals surface area contributed by atoms with Gasteiger partial charge in [-0.05, 0) is 30.3 Å². The molecule has 0 atom stereocenters. The van der Waals surface area contributed by atoms with E-state index in [-0.39, 0.29) is 5.91 Å². The molecule has 0 radical (unpaired) electrons. The van der Waals surface area contributed by atoms with Gasteiger partial charge >= 0.3 is 0 Å². The lowest BCUT2D eigenvalue weighted by Gasteiger charge is -2.01. The van der Waals surface area contributed by atoms with E-state index in [1.54, 1.807) is 6.07 Å². The monoisotopic (exact) mass is 341 g/mol. The van der Waals surface area contributed by atoms with E-state index in [4.69, 9.17) is 0 Å². The molecular weight excluding hydrogens is 330 g/mol. The van der Waals surface area contributed by atoms with Crippen LogP contribution in [-0.2, 0) is 0 Å². The van der Waals surface area contributed by atoms with Gasteiger partial charge in [-0.2, -0.15) is 5.10 Å². The van der Waals surface area contributed by atoms with Gasteiger partial charge in [-0.3, -0.25) is 9.89 Å². The zero-order valence-corrected chi connectivity index (χ0v) is 12.6. The number of H-pyrrole nitrogens is 1. The van der Waals surface area contributed by atoms with Gasteiger partial charge in [0.2, 0.25) is 0 Å². The third kappa shape index (κ3) is 3.20. The molecule has 0 aliphatic rings. The molecule has 0 spiro atoms. The first-order chi connectivity index (χ1) is 10.2. The standard InChI is InChI=1S/C16H12BrN3O/c17-12-8-6-11(7-9-12)14-10-15(20-19-14)16(21)18-13-4-2-1-3-5-13/h1-10H,(H,18,21)(H,19,20). The van der Waals surface area contributed by atoms with Crippen molar-refractivity contribution in [2.24, 2.45) is 0 Å². The number of nitrogens with zero attached hydrogens (tertiary/aromatic N) is 1. The Morgan fingerprint density at radius 3 is 2.48 bits per heavy atom. The smallest absolute Gasteiger partial charge is 0.273 e. The van der Waals surface area contributed by atoms with Crippen molar-refractivity contribution in [3.05, 3.63) is 70.8 Å². The van der Waals surface area contributed by atoms with Crippen LogP contribution >= 0.6 is 15.9 Å². The van der Waals surface area contributed by atoms with Crippen molar-refractivity contribution < 1.29 is 4.79 Å². The number of aromatic amines is 1. The molecule has 5 heteroatoms. The fourth-order valence-corrected chi connectivity index (χ4v) is 2.19. The Balaban J connectivity index is 1.78. The first-order valence-electron chi connectivity index (χ1n) is 6.40. The lowest BCUT2D eigenvalue weighted by Crippen LogP contribution is -2.12. The van der Waals surface area contributed by atoms with Gasteiger partial charge in [0.05, 0.1) is 5.69 Å². The van der Waals surface area contributed by atoms with Crippen molar-refractivity contribution in [2.45, 2.75) is 0 Å². The van der Waals surface area contributed by atoms with E-state index in [0.717, 1.165) is 21.4 Å². The van der Waals surface area contributed by atoms with E-state index in [0.29, 0.717) is 5.69 Å². The average Bonchev–Trinajstić information content (AvgIpc) is 2.99. The van der Waals surface area contributed by atoms with Crippen LogP contribution in [0.25, 0.3) is 11.3 Å². The van der Waals surface area contributed by atoms with Crippen molar-refractivity contribution in [1.82, 2.24) is 10.2 Å². The molecule has 0 aliphatic carbocycles. The molecule has 3 rings (SSSR count). The molecule has 1 aromatic heterocycles. The number of nitrogens with one attached hydrogen (secondary N) is 2. The number of halogens is 1. The molecule has 0 fully saturated rings. The predicted molar refractivity (Wildman–Crippen MR) is 86.1 cm³/mol. The maximum Gasteiger partial charge on any atom is 0.273 e. The summed E-state index contributed by atoms with van der Waals surface area (Å²) in [5, 5.41) is 9.76. The van der Waals surface area contributed by atoms with E-state index in [9.17, 15) is 4.79 Å². The number of carbonyl (C=O) groups is 1. The lowest BCUT2D eigenvalue weighted by atomic mass is 10.1. The van der Waals surface area contributed by atoms with E-state index < -0.39 is 0 Å². The van der Waals surface area contributed by atoms with Crippen molar-refractivity contribution in [3.8, 4) is 11.3 Å². The molecule has 21 heavy (non-hydrogen) atoms. The predicted octanol–water partition coefficient (Wildman–Crippen LogP) is 4.09. The van der Waals surface area contributed by atoms with Crippen LogP contribution < -0.4 is 5.32 Å². The van der Waals surface area contributed by atoms with Crippen LogP contribution in [0.4, 0.5) is 5.69 Å². The highest BCUT2D eigenvalue weighted by Gasteiger charge is 2.11. The van der Waals surface area contributed by atoms with Crippen molar-refractivity contribution >= 4 is 27.5 Å². The quantitative estimate of drug-likeness (QED) is 0.753. The van der Waals surface area contributed by atoms with Crippen molar-refractivity contribution in [2.75, 3.05) is 5.32 Å². The van der Waals surface area contributed by atoms with Crippen LogP contribution in [0.2, 0.25) is 0 Å². The minimum atomic E-state index is -0.211. The zero-order chi connectivity index (χ0) is 14.7. The van der Waals surface area contributed by atoms with Gasteiger partial charge in [0, 0.05) is 15.7 Å². The maximum absolute atomic E-state index is 12.1. The lowest BCUT2D eigenvalue weighted by molar-refractivity contribution is 0.102. The average molecular weight is 342 g/mol. The number of carbonyl (C=O) groups excluding carboxylic acids is 1. The van der Waals surface area contributed by atoms with E-state index in [2.05, 4.69) is 31.4 Å². The fourth-order valence-electron chi connectivity index (χ4n) is 1.93. The molecule has 0 bridgehead atoms. The summed E-state index contributed by atoms with van der Waals surface area (Å²) < 4.78 is 1.00. The molecule has 1 heterocycles. The number of amides is 1. The Hall–Kier alpha value is -2.40. The summed E-state index contributed by atoms with van der Waals surface area (Å²) in [6.07, 6.45) is 0. The van der Waals surface area contributed by atoms with Gasteiger partial charge in [0.25, 0.3) is 5.91 Å². The highest BCUT2D eigenvalue weighted by molar-refractivity contribution is 9.10. The SMILES string of the molecule is O=C(Nc1ccccc1)c1cc(-c2ccc(Br)cc2)n[nH]1. The van der Waals surface area contributed by atoms with E-state index >= 15 is 0 Å². The third-order valence-corrected chi connectivity index (χ3v) is 3.52. The highest BCUT2D eigenvalue weighted by Crippen LogP contribution is 2.20. The van der Waals surface area contributed by atoms with Gasteiger partial charge in [-0.15, -0.1) is 0 Å². The number of anilines is 1. The molecule has 0 saturated heterocycles. The Labute approximate surface area is 130 Å². The molecular formula is C16H12BrN3O. The summed E-state index contributed by atoms with van der Waals surface area (Å²) in [7, 11) is 0. The zero-order valence-electron chi connectivity index (χ0n) is 11.0. The topological polar surface area (TPSA) is 57.8 Å². The second-order valence-electron chi connectivity index (χ2n) is 4.49. The summed E-state index contributed by atoms with van der Waals surface area (Å²) in [4.78, 5) is 12.1. The van der Waals surface area contributed by atoms with Crippen LogP contribution in [0.5, 0.6) is 0 Å². The number of hydrogen-bond acceptors (Lipinski definition) is 2. The summed E-state index contributed by atoms with van der Waals surface area (Å²) in [5.41, 5.74) is 2.87. The van der Waals surface area contributed by atoms with E-state index in [1.807, 2.05) is 54.6 Å². The van der Waals surface area contributed by atoms with Gasteiger partial charge < -0.3 is 5.32 Å². The molecule has 2 N–H and O–H groups in total. The third-order valence-electron chi connectivity index (χ3n) is 2.99. The minimum Gasteiger partial charge on any atom is -0.321 e. The number of hydrogen-bond donors (Lipinski definition) is 2. The molecule has 0 aliphatic heterocycles. The number of para-hydroxylation sites is 1. The van der Waals surface area contributed by atoms with Crippen molar-refractivity contribution in [1.29, 1.82) is 0 Å². The maximum atomic E-state index is 12.1. The first-order valence-corrected chi connectivity index (χ1v) is 7.19. The Bertz CT molecular complexity index is 751. The number of benzene rings is 2. The van der Waals surface area contributed by atoms with Gasteiger partial charge in [-0.25, -0.2) is 0 Å². The summed E-state index contributed by atoms with van der Waals surface area (Å²) in [6, 6.07) is 18.8. The molecule has 104 valence electrons. The second kappa shape index (κ2) is 5.93. The first kappa shape index (κ1) is 13.6. The second-order valence-corrected chi connectivity index (χ2v) is 5.41. The molecule has 4 nitrogen and oxygen atoms in total. The van der Waals surface area contributed by atoms with Crippen molar-refractivity contribution in [3.63, 3.8) is 0 Å². The van der Waals surface area contributed by atoms with Gasteiger partial charge in [0.15, 0.2) is 0 Å². The van der Waals surface area contributed by atoms with Crippen LogP contribution in [0.3, 0.4) is 0 Å². The number of rotatable bonds is 3. The summed E-state index contributed by atoms with van der Waals surface area (Å²) in [6.45, 7) is 0. The van der Waals surface area contributed by atoms with Gasteiger partial charge in [0.1, 0.15) is 5.69 Å². The summed E-state index contributed by atoms with van der Waals surface area (Å²) in [5.74, 6) is -0.211. The normalized spacial score (nSPS) is 10.3. The van der Waals surface area contributed by atoms with Crippen LogP contribution in [-0.4, -0.2) is 16.1 Å². The highest BCUT2D eigenvalue weighted by atomic mass is 79.9. The Kier molecular flexibility index (Phi) is 3.83. The van der Waals surface area contributed by atoms with Crippen LogP contribution in [0.1, 0.15) is 10.5 Å². The molecule has 0 saturated carbocycles. The number of aromatic nitrogens is 2. The largest absolute Gasteiger partial charge is 0.321 e. The molecule has 2 aromatic carbocycles. The summed E-state index contributed by atoms with van der Waals surface area (Å²) >= 11 is 3.39. The Morgan fingerprint density at radius 2 is 1.76 bits per heavy atom. The van der Waals surface area contributed by atoms with Crippen LogP contribution in [0, 0.1) is 0 Å². The minimum absolute atomic E-state index is 0.211. The molecule has 1 amide bonds. The molecule has 3 aromatic rings.